The van der Waals surface area contributed by atoms with Crippen LogP contribution in [0, 0.1) is 0 Å². The summed E-state index contributed by atoms with van der Waals surface area (Å²) in [7, 11) is -4.60. The van der Waals surface area contributed by atoms with Crippen LogP contribution in [-0.4, -0.2) is 74.3 Å². The predicted octanol–water partition coefficient (Wildman–Crippen LogP) is 9.40. The van der Waals surface area contributed by atoms with Crippen LogP contribution in [0.1, 0.15) is 194 Å². The number of rotatable bonds is 38. The maximum Gasteiger partial charge on any atom is 0.469 e. The van der Waals surface area contributed by atoms with Gasteiger partial charge in [0.1, 0.15) is 12.1 Å². The van der Waals surface area contributed by atoms with E-state index in [0.29, 0.717) is 6.42 Å². The lowest BCUT2D eigenvalue weighted by Gasteiger charge is -2.20. The van der Waals surface area contributed by atoms with Gasteiger partial charge >= 0.3 is 19.8 Å². The number of ketones is 1. The van der Waals surface area contributed by atoms with Gasteiger partial charge < -0.3 is 35.6 Å². The van der Waals surface area contributed by atoms with Crippen molar-refractivity contribution in [2.24, 2.45) is 5.73 Å². The molecule has 55 heavy (non-hydrogen) atoms. The number of carboxylic acid groups (broad SMARTS) is 1. The molecular formula is C42H80NO11P. The number of nitrogens with two attached hydrogens (primary N) is 1. The van der Waals surface area contributed by atoms with Crippen molar-refractivity contribution in [3.63, 3.8) is 0 Å². The molecule has 0 amide bonds. The van der Waals surface area contributed by atoms with Crippen LogP contribution in [-0.2, 0) is 28.2 Å². The zero-order valence-corrected chi connectivity index (χ0v) is 35.4. The van der Waals surface area contributed by atoms with Crippen LogP contribution >= 0.6 is 7.82 Å². The summed E-state index contributed by atoms with van der Waals surface area (Å²) in [6.07, 6.45) is 38.0. The lowest BCUT2D eigenvalue weighted by atomic mass is 10.0. The van der Waals surface area contributed by atoms with Crippen molar-refractivity contribution >= 4 is 25.5 Å². The molecule has 12 nitrogen and oxygen atoms in total. The van der Waals surface area contributed by atoms with Crippen molar-refractivity contribution in [3.05, 3.63) is 24.3 Å². The Morgan fingerprint density at radius 3 is 1.35 bits per heavy atom. The molecule has 7 N–H and O–H groups in total. The van der Waals surface area contributed by atoms with Crippen molar-refractivity contribution in [3.8, 4) is 0 Å². The Morgan fingerprint density at radius 2 is 0.982 bits per heavy atom. The number of hydrogen-bond acceptors (Lipinski definition) is 9. The molecule has 13 heteroatoms. The molecule has 0 fully saturated rings. The molecular weight excluding hydrogens is 725 g/mol. The van der Waals surface area contributed by atoms with E-state index in [9.17, 15) is 29.2 Å². The van der Waals surface area contributed by atoms with Gasteiger partial charge in [0.2, 0.25) is 0 Å². The molecule has 0 saturated carbocycles. The average molecular weight is 806 g/mol. The number of aliphatic carboxylic acids is 1. The van der Waals surface area contributed by atoms with E-state index in [1.807, 2.05) is 0 Å². The quantitative estimate of drug-likeness (QED) is 0.0149. The molecule has 0 spiro atoms. The van der Waals surface area contributed by atoms with Gasteiger partial charge in [-0.1, -0.05) is 141 Å². The van der Waals surface area contributed by atoms with E-state index in [1.54, 1.807) is 0 Å². The number of carbonyl (C=O) groups is 3. The molecule has 0 aromatic carbocycles. The second kappa shape index (κ2) is 40.3. The molecule has 0 aliphatic carbocycles. The summed E-state index contributed by atoms with van der Waals surface area (Å²) in [5, 5.41) is 27.6. The molecule has 0 heterocycles. The molecule has 0 aromatic heterocycles. The number of ether oxygens (including phenoxy) is 1. The van der Waals surface area contributed by atoms with Crippen LogP contribution in [0.3, 0.4) is 0 Å². The fourth-order valence-electron chi connectivity index (χ4n) is 5.76. The molecule has 0 rings (SSSR count). The Bertz CT molecular complexity index is 1020. The third kappa shape index (κ3) is 41.5. The topological polar surface area (TPSA) is 214 Å². The van der Waals surface area contributed by atoms with Crippen LogP contribution in [0.5, 0.6) is 0 Å². The summed E-state index contributed by atoms with van der Waals surface area (Å²) in [4.78, 5) is 51.1. The van der Waals surface area contributed by atoms with Gasteiger partial charge in [0, 0.05) is 12.8 Å². The first-order valence-corrected chi connectivity index (χ1v) is 22.9. The Kier molecular flexibility index (Phi) is 40.4. The highest BCUT2D eigenvalue weighted by molar-refractivity contribution is 7.46. The highest BCUT2D eigenvalue weighted by Crippen LogP contribution is 2.35. The van der Waals surface area contributed by atoms with Gasteiger partial charge in [-0.15, -0.1) is 0 Å². The second-order valence-electron chi connectivity index (χ2n) is 14.5. The maximum atomic E-state index is 12.7. The number of phosphoric acid groups is 1. The minimum Gasteiger partial charge on any atom is -0.480 e. The Labute approximate surface area is 333 Å². The lowest BCUT2D eigenvalue weighted by Crippen LogP contribution is -2.40. The van der Waals surface area contributed by atoms with Gasteiger partial charge in [0.25, 0.3) is 0 Å². The molecule has 0 bridgehead atoms. The van der Waals surface area contributed by atoms with Gasteiger partial charge in [-0.05, 0) is 64.2 Å². The monoisotopic (exact) mass is 806 g/mol. The summed E-state index contributed by atoms with van der Waals surface area (Å²) in [5.41, 5.74) is 4.86. The first-order valence-electron chi connectivity index (χ1n) is 21.4. The minimum absolute atomic E-state index is 0.244. The molecule has 0 aromatic rings. The number of aliphatic hydroxyl groups excluding tert-OH is 2. The standard InChI is InChI=1S/C39H72O5.C3H8NO6P/c1-3-5-7-9-11-13-15-17-19-21-23-25-27-29-31-33-36(41)39(37(42)35-40)44-38(43)34-32-30-28-26-24-22-20-18-16-14-12-10-8-6-4-2;4-2(3(5)6)1-10-11(7,8)9/h17-20,37,39-40,42H,3-16,21-35H2,1-2H3;2H,1,4H2,(H,5,6)(H2,7,8,9)/b19-17-,20-18-;. The first kappa shape index (κ1) is 55.2. The van der Waals surface area contributed by atoms with Crippen LogP contribution in [0.4, 0.5) is 0 Å². The average Bonchev–Trinajstić information content (AvgIpc) is 3.15. The summed E-state index contributed by atoms with van der Waals surface area (Å²) in [6.45, 7) is 3.20. The van der Waals surface area contributed by atoms with Gasteiger partial charge in [0.15, 0.2) is 11.9 Å². The lowest BCUT2D eigenvalue weighted by molar-refractivity contribution is -0.163. The highest BCUT2D eigenvalue weighted by Gasteiger charge is 2.29. The van der Waals surface area contributed by atoms with E-state index in [2.05, 4.69) is 42.7 Å². The van der Waals surface area contributed by atoms with Crippen LogP contribution in [0.25, 0.3) is 0 Å². The number of carboxylic acids is 1. The fraction of sp³-hybridized carbons (Fsp3) is 0.833. The van der Waals surface area contributed by atoms with Gasteiger partial charge in [-0.2, -0.15) is 0 Å². The van der Waals surface area contributed by atoms with E-state index in [0.717, 1.165) is 57.8 Å². The Balaban J connectivity index is 0. The highest BCUT2D eigenvalue weighted by atomic mass is 31.2. The van der Waals surface area contributed by atoms with Crippen LogP contribution in [0.2, 0.25) is 0 Å². The Hall–Kier alpha value is -1.92. The normalized spacial score (nSPS) is 13.4. The SMILES string of the molecule is CCCCCCCC/C=C\CCCCCCCC(=O)OC(C(=O)CCCCCCC/C=C\CCCCCCCC)C(O)CO.NC(COP(=O)(O)O)C(=O)O. The van der Waals surface area contributed by atoms with E-state index >= 15 is 0 Å². The number of aliphatic hydroxyl groups is 2. The summed E-state index contributed by atoms with van der Waals surface area (Å²) in [6, 6.07) is -1.41. The number of allylic oxidation sites excluding steroid dienone is 4. The number of hydrogen-bond donors (Lipinski definition) is 6. The third-order valence-electron chi connectivity index (χ3n) is 9.18. The predicted molar refractivity (Wildman–Crippen MR) is 220 cm³/mol. The van der Waals surface area contributed by atoms with E-state index < -0.39 is 51.2 Å². The molecule has 3 atom stereocenters. The van der Waals surface area contributed by atoms with E-state index in [-0.39, 0.29) is 18.6 Å². The van der Waals surface area contributed by atoms with E-state index in [4.69, 9.17) is 25.4 Å². The van der Waals surface area contributed by atoms with Gasteiger partial charge in [0.05, 0.1) is 13.2 Å². The minimum atomic E-state index is -4.60. The maximum absolute atomic E-state index is 12.7. The van der Waals surface area contributed by atoms with Gasteiger partial charge in [-0.3, -0.25) is 18.9 Å². The van der Waals surface area contributed by atoms with Gasteiger partial charge in [-0.25, -0.2) is 4.57 Å². The van der Waals surface area contributed by atoms with Crippen molar-refractivity contribution in [2.75, 3.05) is 13.2 Å². The Morgan fingerprint density at radius 1 is 0.618 bits per heavy atom. The third-order valence-corrected chi connectivity index (χ3v) is 9.66. The van der Waals surface area contributed by atoms with Crippen LogP contribution in [0.15, 0.2) is 24.3 Å². The second-order valence-corrected chi connectivity index (χ2v) is 15.8. The number of esters is 1. The van der Waals surface area contributed by atoms with Crippen LogP contribution < -0.4 is 5.73 Å². The van der Waals surface area contributed by atoms with Crippen molar-refractivity contribution in [1.82, 2.24) is 0 Å². The summed E-state index contributed by atoms with van der Waals surface area (Å²) in [5.74, 6) is -2.13. The molecule has 0 aliphatic heterocycles. The van der Waals surface area contributed by atoms with Crippen molar-refractivity contribution < 1.29 is 53.3 Å². The summed E-state index contributed by atoms with van der Waals surface area (Å²) < 4.78 is 19.1. The largest absolute Gasteiger partial charge is 0.480 e. The van der Waals surface area contributed by atoms with E-state index in [1.165, 1.54) is 103 Å². The van der Waals surface area contributed by atoms with Crippen molar-refractivity contribution in [1.29, 1.82) is 0 Å². The molecule has 324 valence electrons. The first-order chi connectivity index (χ1) is 26.4. The fourth-order valence-corrected chi connectivity index (χ4v) is 6.11. The zero-order chi connectivity index (χ0) is 41.4. The number of phosphoric ester groups is 1. The number of unbranched alkanes of at least 4 members (excludes halogenated alkanes) is 22. The molecule has 0 saturated heterocycles. The number of carbonyl (C=O) groups excluding carboxylic acids is 2. The molecule has 0 aliphatic rings. The summed E-state index contributed by atoms with van der Waals surface area (Å²) >= 11 is 0. The zero-order valence-electron chi connectivity index (χ0n) is 34.5. The smallest absolute Gasteiger partial charge is 0.469 e. The molecule has 3 unspecified atom stereocenters. The molecule has 0 radical (unpaired) electrons. The number of Topliss-reactive ketones (excluding diaryl/α,β-unsaturated/α-hetero) is 1. The van der Waals surface area contributed by atoms with Crippen molar-refractivity contribution in [2.45, 2.75) is 212 Å².